The van der Waals surface area contributed by atoms with Gasteiger partial charge < -0.3 is 0 Å². The summed E-state index contributed by atoms with van der Waals surface area (Å²) < 4.78 is 26.9. The maximum atomic E-state index is 13.7. The Morgan fingerprint density at radius 3 is 2.16 bits per heavy atom. The highest BCUT2D eigenvalue weighted by molar-refractivity contribution is 6.10. The molecule has 0 bridgehead atoms. The lowest BCUT2D eigenvalue weighted by Crippen LogP contribution is -2.07. The van der Waals surface area contributed by atoms with Gasteiger partial charge in [-0.1, -0.05) is 23.8 Å². The topological polar surface area (TPSA) is 17.1 Å². The van der Waals surface area contributed by atoms with Gasteiger partial charge in [0.1, 0.15) is 11.6 Å². The van der Waals surface area contributed by atoms with E-state index in [1.54, 1.807) is 19.1 Å². The average molecular weight is 260 g/mol. The van der Waals surface area contributed by atoms with Crippen molar-refractivity contribution in [3.8, 4) is 0 Å². The van der Waals surface area contributed by atoms with Crippen LogP contribution in [0.4, 0.5) is 8.78 Å². The van der Waals surface area contributed by atoms with Crippen molar-refractivity contribution in [2.45, 2.75) is 20.8 Å². The first-order valence-electron chi connectivity index (χ1n) is 5.97. The normalized spacial score (nSPS) is 10.6. The number of rotatable bonds is 2. The van der Waals surface area contributed by atoms with Crippen LogP contribution in [0, 0.1) is 32.4 Å². The summed E-state index contributed by atoms with van der Waals surface area (Å²) in [7, 11) is 0. The van der Waals surface area contributed by atoms with Crippen LogP contribution in [0.3, 0.4) is 0 Å². The maximum absolute atomic E-state index is 13.7. The lowest BCUT2D eigenvalue weighted by Gasteiger charge is -2.08. The fourth-order valence-corrected chi connectivity index (χ4v) is 2.04. The van der Waals surface area contributed by atoms with Crippen LogP contribution in [-0.2, 0) is 0 Å². The van der Waals surface area contributed by atoms with Gasteiger partial charge in [0.2, 0.25) is 0 Å². The number of hydrogen-bond donors (Lipinski definition) is 0. The van der Waals surface area contributed by atoms with Crippen molar-refractivity contribution in [1.29, 1.82) is 0 Å². The molecule has 1 nitrogen and oxygen atoms in total. The Kier molecular flexibility index (Phi) is 3.47. The molecular weight excluding hydrogens is 246 g/mol. The molecule has 2 rings (SSSR count). The van der Waals surface area contributed by atoms with Gasteiger partial charge in [0, 0.05) is 11.6 Å². The predicted octanol–water partition coefficient (Wildman–Crippen LogP) is 4.12. The van der Waals surface area contributed by atoms with Crippen molar-refractivity contribution in [2.75, 3.05) is 0 Å². The fraction of sp³-hybridized carbons (Fsp3) is 0.188. The van der Waals surface area contributed by atoms with Gasteiger partial charge in [0.15, 0.2) is 5.78 Å². The number of carbonyl (C=O) groups is 1. The molecule has 0 spiro atoms. The van der Waals surface area contributed by atoms with Crippen LogP contribution < -0.4 is 0 Å². The molecule has 0 fully saturated rings. The van der Waals surface area contributed by atoms with E-state index in [2.05, 4.69) is 0 Å². The third kappa shape index (κ3) is 2.55. The summed E-state index contributed by atoms with van der Waals surface area (Å²) in [5, 5.41) is 0. The summed E-state index contributed by atoms with van der Waals surface area (Å²) in [6.07, 6.45) is 0. The number of benzene rings is 2. The van der Waals surface area contributed by atoms with E-state index in [1.165, 1.54) is 13.0 Å². The molecule has 19 heavy (non-hydrogen) atoms. The first kappa shape index (κ1) is 13.4. The summed E-state index contributed by atoms with van der Waals surface area (Å²) in [6.45, 7) is 5.23. The number of carbonyl (C=O) groups excluding carboxylic acids is 1. The van der Waals surface area contributed by atoms with E-state index >= 15 is 0 Å². The van der Waals surface area contributed by atoms with Crippen molar-refractivity contribution in [2.24, 2.45) is 0 Å². The Hall–Kier alpha value is -2.03. The summed E-state index contributed by atoms with van der Waals surface area (Å²) in [6, 6.07) is 7.35. The third-order valence-corrected chi connectivity index (χ3v) is 3.12. The molecule has 0 N–H and O–H groups in total. The van der Waals surface area contributed by atoms with Gasteiger partial charge in [-0.15, -0.1) is 0 Å². The van der Waals surface area contributed by atoms with Crippen LogP contribution in [0.15, 0.2) is 30.3 Å². The van der Waals surface area contributed by atoms with Gasteiger partial charge in [-0.25, -0.2) is 8.78 Å². The summed E-state index contributed by atoms with van der Waals surface area (Å²) in [5.41, 5.74) is 2.42. The van der Waals surface area contributed by atoms with E-state index in [0.29, 0.717) is 5.56 Å². The standard InChI is InChI=1S/C16H14F2O/c1-9-4-5-12(10(2)6-9)16(19)13-7-11(3)14(17)8-15(13)18/h4-8H,1-3H3. The summed E-state index contributed by atoms with van der Waals surface area (Å²) >= 11 is 0. The lowest BCUT2D eigenvalue weighted by molar-refractivity contribution is 0.103. The molecule has 0 aromatic heterocycles. The number of hydrogen-bond acceptors (Lipinski definition) is 1. The molecule has 0 aliphatic rings. The first-order valence-corrected chi connectivity index (χ1v) is 5.97. The van der Waals surface area contributed by atoms with Gasteiger partial charge in [0.05, 0.1) is 5.56 Å². The maximum Gasteiger partial charge on any atom is 0.196 e. The average Bonchev–Trinajstić information content (AvgIpc) is 2.33. The molecule has 98 valence electrons. The first-order chi connectivity index (χ1) is 8.90. The molecular formula is C16H14F2O. The van der Waals surface area contributed by atoms with Gasteiger partial charge in [0.25, 0.3) is 0 Å². The monoisotopic (exact) mass is 260 g/mol. The Labute approximate surface area is 110 Å². The molecule has 0 amide bonds. The number of halogens is 2. The van der Waals surface area contributed by atoms with E-state index in [0.717, 1.165) is 17.2 Å². The van der Waals surface area contributed by atoms with Crippen molar-refractivity contribution >= 4 is 5.78 Å². The van der Waals surface area contributed by atoms with Gasteiger partial charge in [-0.05, 0) is 38.0 Å². The molecule has 3 heteroatoms. The van der Waals surface area contributed by atoms with Crippen molar-refractivity contribution in [3.63, 3.8) is 0 Å². The number of ketones is 1. The van der Waals surface area contributed by atoms with Crippen LogP contribution in [0.25, 0.3) is 0 Å². The Morgan fingerprint density at radius 1 is 0.842 bits per heavy atom. The van der Waals surface area contributed by atoms with Crippen LogP contribution in [0.5, 0.6) is 0 Å². The van der Waals surface area contributed by atoms with E-state index in [-0.39, 0.29) is 11.1 Å². The van der Waals surface area contributed by atoms with E-state index < -0.39 is 17.4 Å². The third-order valence-electron chi connectivity index (χ3n) is 3.12. The zero-order valence-electron chi connectivity index (χ0n) is 11.1. The molecule has 0 aliphatic carbocycles. The second kappa shape index (κ2) is 4.92. The highest BCUT2D eigenvalue weighted by Crippen LogP contribution is 2.20. The SMILES string of the molecule is Cc1ccc(C(=O)c2cc(C)c(F)cc2F)c(C)c1. The summed E-state index contributed by atoms with van der Waals surface area (Å²) in [4.78, 5) is 12.3. The smallest absolute Gasteiger partial charge is 0.196 e. The van der Waals surface area contributed by atoms with Crippen molar-refractivity contribution in [1.82, 2.24) is 0 Å². The Morgan fingerprint density at radius 2 is 1.53 bits per heavy atom. The summed E-state index contributed by atoms with van der Waals surface area (Å²) in [5.74, 6) is -1.89. The zero-order valence-corrected chi connectivity index (χ0v) is 11.1. The second-order valence-electron chi connectivity index (χ2n) is 4.73. The highest BCUT2D eigenvalue weighted by atomic mass is 19.1. The Bertz CT molecular complexity index is 660. The molecule has 2 aromatic rings. The molecule has 0 saturated carbocycles. The van der Waals surface area contributed by atoms with E-state index in [4.69, 9.17) is 0 Å². The fourth-order valence-electron chi connectivity index (χ4n) is 2.04. The molecule has 2 aromatic carbocycles. The highest BCUT2D eigenvalue weighted by Gasteiger charge is 2.17. The van der Waals surface area contributed by atoms with E-state index in [9.17, 15) is 13.6 Å². The van der Waals surface area contributed by atoms with Gasteiger partial charge in [-0.3, -0.25) is 4.79 Å². The molecule has 0 atom stereocenters. The zero-order chi connectivity index (χ0) is 14.2. The minimum absolute atomic E-state index is 0.0918. The Balaban J connectivity index is 2.53. The van der Waals surface area contributed by atoms with Crippen LogP contribution in [0.2, 0.25) is 0 Å². The van der Waals surface area contributed by atoms with Crippen molar-refractivity contribution in [3.05, 3.63) is 69.8 Å². The van der Waals surface area contributed by atoms with E-state index in [1.807, 2.05) is 13.0 Å². The molecule has 0 unspecified atom stereocenters. The predicted molar refractivity (Wildman–Crippen MR) is 70.4 cm³/mol. The molecule has 0 saturated heterocycles. The minimum Gasteiger partial charge on any atom is -0.288 e. The lowest BCUT2D eigenvalue weighted by atomic mass is 9.96. The molecule has 0 radical (unpaired) electrons. The molecule has 0 aliphatic heterocycles. The number of aryl methyl sites for hydroxylation is 3. The van der Waals surface area contributed by atoms with Crippen LogP contribution in [0.1, 0.15) is 32.6 Å². The largest absolute Gasteiger partial charge is 0.288 e. The molecule has 0 heterocycles. The van der Waals surface area contributed by atoms with Gasteiger partial charge in [-0.2, -0.15) is 0 Å². The quantitative estimate of drug-likeness (QED) is 0.742. The van der Waals surface area contributed by atoms with Gasteiger partial charge >= 0.3 is 0 Å². The van der Waals surface area contributed by atoms with Crippen LogP contribution in [-0.4, -0.2) is 5.78 Å². The second-order valence-corrected chi connectivity index (χ2v) is 4.73. The van der Waals surface area contributed by atoms with Crippen LogP contribution >= 0.6 is 0 Å². The minimum atomic E-state index is -0.826. The van der Waals surface area contributed by atoms with Crippen molar-refractivity contribution < 1.29 is 13.6 Å².